The molecule has 0 spiro atoms. The molecule has 1 aromatic carbocycles. The molecular formula is C13H10O3. The highest BCUT2D eigenvalue weighted by molar-refractivity contribution is 5.94. The lowest BCUT2D eigenvalue weighted by Crippen LogP contribution is -2.10. The third-order valence-electron chi connectivity index (χ3n) is 2.81. The largest absolute Gasteiger partial charge is 0.485 e. The van der Waals surface area contributed by atoms with Crippen LogP contribution in [0.4, 0.5) is 0 Å². The van der Waals surface area contributed by atoms with E-state index in [-0.39, 0.29) is 12.5 Å². The van der Waals surface area contributed by atoms with Crippen LogP contribution < -0.4 is 0 Å². The van der Waals surface area contributed by atoms with Crippen molar-refractivity contribution in [1.29, 1.82) is 0 Å². The van der Waals surface area contributed by atoms with Gasteiger partial charge in [-0.3, -0.25) is 4.79 Å². The first-order valence-electron chi connectivity index (χ1n) is 5.16. The number of fused-ring (bicyclic) bond motifs is 3. The fourth-order valence-electron chi connectivity index (χ4n) is 2.14. The number of carboxylic acid groups (broad SMARTS) is 1. The Kier molecular flexibility index (Phi) is 1.86. The van der Waals surface area contributed by atoms with Crippen molar-refractivity contribution in [1.82, 2.24) is 0 Å². The number of ether oxygens (including phenoxy) is 1. The molecule has 2 aliphatic rings. The van der Waals surface area contributed by atoms with Crippen LogP contribution in [-0.2, 0) is 9.53 Å². The van der Waals surface area contributed by atoms with Crippen molar-refractivity contribution in [3.05, 3.63) is 47.2 Å². The van der Waals surface area contributed by atoms with E-state index in [1.54, 1.807) is 0 Å². The molecule has 1 unspecified atom stereocenters. The molecule has 1 heterocycles. The zero-order chi connectivity index (χ0) is 11.1. The average Bonchev–Trinajstić information content (AvgIpc) is 2.73. The first kappa shape index (κ1) is 9.21. The molecule has 0 saturated heterocycles. The van der Waals surface area contributed by atoms with E-state index < -0.39 is 5.97 Å². The van der Waals surface area contributed by atoms with Crippen molar-refractivity contribution >= 4 is 17.6 Å². The second-order valence-corrected chi connectivity index (χ2v) is 3.93. The lowest BCUT2D eigenvalue weighted by atomic mass is 10.1. The van der Waals surface area contributed by atoms with E-state index in [1.165, 1.54) is 0 Å². The quantitative estimate of drug-likeness (QED) is 0.821. The van der Waals surface area contributed by atoms with E-state index in [0.29, 0.717) is 0 Å². The Morgan fingerprint density at radius 1 is 1.38 bits per heavy atom. The minimum absolute atomic E-state index is 0.0169. The van der Waals surface area contributed by atoms with Crippen LogP contribution in [0, 0.1) is 0 Å². The number of carboxylic acids is 1. The summed E-state index contributed by atoms with van der Waals surface area (Å²) in [5, 5.41) is 8.70. The monoisotopic (exact) mass is 214 g/mol. The van der Waals surface area contributed by atoms with Gasteiger partial charge in [0, 0.05) is 5.57 Å². The maximum absolute atomic E-state index is 10.6. The summed E-state index contributed by atoms with van der Waals surface area (Å²) in [7, 11) is 0. The van der Waals surface area contributed by atoms with Gasteiger partial charge in [0.2, 0.25) is 0 Å². The Morgan fingerprint density at radius 3 is 3.00 bits per heavy atom. The molecule has 1 atom stereocenters. The molecule has 0 aromatic heterocycles. The maximum atomic E-state index is 10.6. The Morgan fingerprint density at radius 2 is 2.19 bits per heavy atom. The van der Waals surface area contributed by atoms with E-state index in [2.05, 4.69) is 0 Å². The standard InChI is InChI=1S/C13H10O3/c14-13(15)7-9-6-11-10-4-2-1-3-8(10)5-12(11)16-9/h1-6,9H,7H2,(H,14,15). The summed E-state index contributed by atoms with van der Waals surface area (Å²) in [6.07, 6.45) is 3.55. The van der Waals surface area contributed by atoms with E-state index in [4.69, 9.17) is 9.84 Å². The number of hydrogen-bond donors (Lipinski definition) is 1. The lowest BCUT2D eigenvalue weighted by Gasteiger charge is -2.06. The fraction of sp³-hybridized carbons (Fsp3) is 0.154. The molecule has 0 bridgehead atoms. The fourth-order valence-corrected chi connectivity index (χ4v) is 2.14. The molecular weight excluding hydrogens is 204 g/mol. The van der Waals surface area contributed by atoms with Gasteiger partial charge in [-0.25, -0.2) is 0 Å². The summed E-state index contributed by atoms with van der Waals surface area (Å²) in [5.74, 6) is -0.0387. The third-order valence-corrected chi connectivity index (χ3v) is 2.81. The van der Waals surface area contributed by atoms with Gasteiger partial charge in [0.15, 0.2) is 0 Å². The van der Waals surface area contributed by atoms with E-state index in [1.807, 2.05) is 36.4 Å². The van der Waals surface area contributed by atoms with Gasteiger partial charge in [-0.15, -0.1) is 0 Å². The highest BCUT2D eigenvalue weighted by Crippen LogP contribution is 2.41. The molecule has 0 saturated carbocycles. The highest BCUT2D eigenvalue weighted by Gasteiger charge is 2.29. The molecule has 3 heteroatoms. The molecule has 80 valence electrons. The van der Waals surface area contributed by atoms with Gasteiger partial charge in [-0.2, -0.15) is 0 Å². The minimum Gasteiger partial charge on any atom is -0.485 e. The first-order valence-corrected chi connectivity index (χ1v) is 5.16. The normalized spacial score (nSPS) is 20.6. The second-order valence-electron chi connectivity index (χ2n) is 3.93. The third kappa shape index (κ3) is 1.33. The van der Waals surface area contributed by atoms with Crippen LogP contribution in [0.3, 0.4) is 0 Å². The van der Waals surface area contributed by atoms with Gasteiger partial charge in [0.1, 0.15) is 11.9 Å². The summed E-state index contributed by atoms with van der Waals surface area (Å²) in [6, 6.07) is 8.00. The van der Waals surface area contributed by atoms with Crippen molar-refractivity contribution in [3.8, 4) is 0 Å². The van der Waals surface area contributed by atoms with E-state index in [0.717, 1.165) is 22.5 Å². The molecule has 1 N–H and O–H groups in total. The Balaban J connectivity index is 1.95. The van der Waals surface area contributed by atoms with Gasteiger partial charge >= 0.3 is 5.97 Å². The van der Waals surface area contributed by atoms with Gasteiger partial charge in [0.05, 0.1) is 6.42 Å². The molecule has 1 aliphatic carbocycles. The Bertz CT molecular complexity index is 526. The van der Waals surface area contributed by atoms with E-state index in [9.17, 15) is 4.79 Å². The van der Waals surface area contributed by atoms with E-state index >= 15 is 0 Å². The summed E-state index contributed by atoms with van der Waals surface area (Å²) < 4.78 is 5.57. The SMILES string of the molecule is O=C(O)CC1C=C2C(=Cc3ccccc32)O1. The Labute approximate surface area is 92.7 Å². The Hall–Kier alpha value is -2.03. The lowest BCUT2D eigenvalue weighted by molar-refractivity contribution is -0.138. The summed E-state index contributed by atoms with van der Waals surface area (Å²) in [5.41, 5.74) is 3.30. The van der Waals surface area contributed by atoms with Gasteiger partial charge in [-0.1, -0.05) is 24.3 Å². The minimum atomic E-state index is -0.837. The van der Waals surface area contributed by atoms with Crippen LogP contribution in [0.2, 0.25) is 0 Å². The molecule has 3 rings (SSSR count). The van der Waals surface area contributed by atoms with Crippen molar-refractivity contribution in [3.63, 3.8) is 0 Å². The molecule has 0 fully saturated rings. The number of hydrogen-bond acceptors (Lipinski definition) is 2. The molecule has 1 aliphatic heterocycles. The predicted molar refractivity (Wildman–Crippen MR) is 59.5 cm³/mol. The number of aliphatic carboxylic acids is 1. The second kappa shape index (κ2) is 3.23. The summed E-state index contributed by atoms with van der Waals surface area (Å²) >= 11 is 0. The van der Waals surface area contributed by atoms with Crippen molar-refractivity contribution < 1.29 is 14.6 Å². The number of rotatable bonds is 2. The predicted octanol–water partition coefficient (Wildman–Crippen LogP) is 2.30. The number of carbonyl (C=O) groups is 1. The smallest absolute Gasteiger partial charge is 0.307 e. The van der Waals surface area contributed by atoms with Gasteiger partial charge in [-0.05, 0) is 23.3 Å². The maximum Gasteiger partial charge on any atom is 0.307 e. The average molecular weight is 214 g/mol. The highest BCUT2D eigenvalue weighted by atomic mass is 16.5. The summed E-state index contributed by atoms with van der Waals surface area (Å²) in [6.45, 7) is 0. The molecule has 3 nitrogen and oxygen atoms in total. The molecule has 1 aromatic rings. The van der Waals surface area contributed by atoms with Gasteiger partial charge in [0.25, 0.3) is 0 Å². The topological polar surface area (TPSA) is 46.5 Å². The van der Waals surface area contributed by atoms with Crippen molar-refractivity contribution in [2.45, 2.75) is 12.5 Å². The van der Waals surface area contributed by atoms with Crippen LogP contribution in [0.15, 0.2) is 36.1 Å². The van der Waals surface area contributed by atoms with Crippen LogP contribution in [0.1, 0.15) is 17.5 Å². The molecule has 0 amide bonds. The van der Waals surface area contributed by atoms with Crippen LogP contribution in [-0.4, -0.2) is 17.2 Å². The molecule has 16 heavy (non-hydrogen) atoms. The van der Waals surface area contributed by atoms with Crippen LogP contribution in [0.25, 0.3) is 11.6 Å². The van der Waals surface area contributed by atoms with Crippen LogP contribution in [0.5, 0.6) is 0 Å². The molecule has 0 radical (unpaired) electrons. The van der Waals surface area contributed by atoms with Crippen LogP contribution >= 0.6 is 0 Å². The zero-order valence-electron chi connectivity index (χ0n) is 8.51. The number of allylic oxidation sites excluding steroid dienone is 1. The van der Waals surface area contributed by atoms with Crippen molar-refractivity contribution in [2.75, 3.05) is 0 Å². The first-order chi connectivity index (χ1) is 7.74. The zero-order valence-corrected chi connectivity index (χ0v) is 8.51. The van der Waals surface area contributed by atoms with Crippen molar-refractivity contribution in [2.24, 2.45) is 0 Å². The number of benzene rings is 1. The summed E-state index contributed by atoms with van der Waals surface area (Å²) in [4.78, 5) is 10.6. The van der Waals surface area contributed by atoms with Gasteiger partial charge < -0.3 is 9.84 Å².